The number of aryl methyl sites for hydroxylation is 1. The SMILES string of the molecule is Cc1cc(-c2cccs2)nc2cc(N(C3CCC3)[N+]34C=CN=CC3=CN=C4)ccc12. The fraction of sp³-hybridized carbons (Fsp3) is 0.208. The van der Waals surface area contributed by atoms with Crippen LogP contribution in [-0.4, -0.2) is 28.2 Å². The summed E-state index contributed by atoms with van der Waals surface area (Å²) in [5.41, 5.74) is 5.57. The molecule has 30 heavy (non-hydrogen) atoms. The fourth-order valence-corrected chi connectivity index (χ4v) is 5.21. The van der Waals surface area contributed by atoms with E-state index in [0.29, 0.717) is 10.6 Å². The Balaban J connectivity index is 1.51. The topological polar surface area (TPSA) is 40.9 Å². The molecule has 3 aromatic rings. The van der Waals surface area contributed by atoms with Crippen molar-refractivity contribution in [2.75, 3.05) is 5.01 Å². The lowest BCUT2D eigenvalue weighted by Gasteiger charge is -2.46. The smallest absolute Gasteiger partial charge is 0.225 e. The Morgan fingerprint density at radius 1 is 1.13 bits per heavy atom. The number of nitrogens with zero attached hydrogens (tertiary/aromatic N) is 5. The molecule has 6 rings (SSSR count). The van der Waals surface area contributed by atoms with Gasteiger partial charge in [-0.05, 0) is 61.4 Å². The Morgan fingerprint density at radius 2 is 2.07 bits per heavy atom. The van der Waals surface area contributed by atoms with E-state index < -0.39 is 0 Å². The summed E-state index contributed by atoms with van der Waals surface area (Å²) in [6.45, 7) is 2.17. The van der Waals surface area contributed by atoms with Gasteiger partial charge in [-0.15, -0.1) is 15.9 Å². The van der Waals surface area contributed by atoms with Crippen molar-refractivity contribution in [3.8, 4) is 10.6 Å². The molecule has 0 spiro atoms. The molecule has 3 aliphatic rings. The second kappa shape index (κ2) is 6.72. The third kappa shape index (κ3) is 2.61. The third-order valence-corrected chi connectivity index (χ3v) is 7.16. The number of hydrogen-bond acceptors (Lipinski definition) is 5. The summed E-state index contributed by atoms with van der Waals surface area (Å²) in [4.78, 5) is 15.1. The van der Waals surface area contributed by atoms with E-state index in [-0.39, 0.29) is 0 Å². The molecule has 0 N–H and O–H groups in total. The average Bonchev–Trinajstić information content (AvgIpc) is 3.40. The quantitative estimate of drug-likeness (QED) is 0.508. The Morgan fingerprint density at radius 3 is 2.87 bits per heavy atom. The van der Waals surface area contributed by atoms with Crippen LogP contribution in [0.15, 0.2) is 76.1 Å². The molecule has 5 nitrogen and oxygen atoms in total. The summed E-state index contributed by atoms with van der Waals surface area (Å²) in [5, 5.41) is 5.78. The van der Waals surface area contributed by atoms with Gasteiger partial charge in [0.25, 0.3) is 0 Å². The molecular weight excluding hydrogens is 390 g/mol. The summed E-state index contributed by atoms with van der Waals surface area (Å²) in [7, 11) is 0. The molecule has 148 valence electrons. The first-order chi connectivity index (χ1) is 14.7. The lowest BCUT2D eigenvalue weighted by molar-refractivity contribution is -0.746. The van der Waals surface area contributed by atoms with Crippen LogP contribution in [0, 0.1) is 6.92 Å². The second-order valence-corrected chi connectivity index (χ2v) is 9.01. The molecule has 0 bridgehead atoms. The van der Waals surface area contributed by atoms with Gasteiger partial charge in [0.15, 0.2) is 6.20 Å². The van der Waals surface area contributed by atoms with Gasteiger partial charge < -0.3 is 0 Å². The van der Waals surface area contributed by atoms with Gasteiger partial charge in [-0.3, -0.25) is 4.99 Å². The van der Waals surface area contributed by atoms with E-state index in [2.05, 4.69) is 69.9 Å². The number of aromatic nitrogens is 1. The average molecular weight is 413 g/mol. The summed E-state index contributed by atoms with van der Waals surface area (Å²) in [6, 6.07) is 13.6. The first kappa shape index (κ1) is 17.7. The zero-order chi connectivity index (χ0) is 20.1. The lowest BCUT2D eigenvalue weighted by atomic mass is 9.91. The van der Waals surface area contributed by atoms with Crippen LogP contribution in [0.5, 0.6) is 0 Å². The number of quaternary nitrogens is 1. The van der Waals surface area contributed by atoms with Crippen LogP contribution in [0.1, 0.15) is 24.8 Å². The largest absolute Gasteiger partial charge is 0.253 e. The normalized spacial score (nSPS) is 22.2. The Hall–Kier alpha value is -3.09. The van der Waals surface area contributed by atoms with E-state index >= 15 is 0 Å². The van der Waals surface area contributed by atoms with E-state index in [4.69, 9.17) is 4.98 Å². The van der Waals surface area contributed by atoms with Crippen LogP contribution < -0.4 is 5.01 Å². The number of benzene rings is 1. The minimum atomic E-state index is 0.466. The lowest BCUT2D eigenvalue weighted by Crippen LogP contribution is -2.61. The zero-order valence-corrected chi connectivity index (χ0v) is 17.6. The van der Waals surface area contributed by atoms with Crippen molar-refractivity contribution in [2.45, 2.75) is 32.2 Å². The number of pyridine rings is 1. The molecule has 0 radical (unpaired) electrons. The Bertz CT molecular complexity index is 1250. The van der Waals surface area contributed by atoms with Crippen molar-refractivity contribution < 1.29 is 4.59 Å². The molecule has 1 unspecified atom stereocenters. The standard InChI is InChI=1S/C24H22N5S/c1-17-12-23(24-6-3-11-30-24)27-22-13-19(7-8-21(17)22)28(18-4-2-5-18)29-10-9-25-14-20(29)15-26-16-29/h3,6-16,18H,2,4-5H2,1H3/q+1. The highest BCUT2D eigenvalue weighted by Gasteiger charge is 2.46. The molecule has 2 aromatic heterocycles. The number of thiophene rings is 1. The van der Waals surface area contributed by atoms with Gasteiger partial charge in [0.1, 0.15) is 0 Å². The van der Waals surface area contributed by atoms with Gasteiger partial charge in [0, 0.05) is 5.39 Å². The second-order valence-electron chi connectivity index (χ2n) is 8.07. The first-order valence-corrected chi connectivity index (χ1v) is 11.2. The summed E-state index contributed by atoms with van der Waals surface area (Å²) in [5.74, 6) is 0. The van der Waals surface area contributed by atoms with Crippen LogP contribution in [0.4, 0.5) is 5.69 Å². The monoisotopic (exact) mass is 412 g/mol. The third-order valence-electron chi connectivity index (χ3n) is 6.27. The van der Waals surface area contributed by atoms with Gasteiger partial charge in [-0.25, -0.2) is 15.0 Å². The molecule has 2 aliphatic heterocycles. The molecule has 1 fully saturated rings. The number of fused-ring (bicyclic) bond motifs is 2. The van der Waals surface area contributed by atoms with Crippen molar-refractivity contribution in [2.24, 2.45) is 9.98 Å². The van der Waals surface area contributed by atoms with Gasteiger partial charge in [-0.2, -0.15) is 0 Å². The van der Waals surface area contributed by atoms with Crippen molar-refractivity contribution in [3.63, 3.8) is 0 Å². The van der Waals surface area contributed by atoms with Gasteiger partial charge in [0.2, 0.25) is 12.0 Å². The van der Waals surface area contributed by atoms with E-state index in [9.17, 15) is 0 Å². The van der Waals surface area contributed by atoms with Crippen molar-refractivity contribution in [1.29, 1.82) is 0 Å². The molecule has 0 saturated heterocycles. The summed E-state index contributed by atoms with van der Waals surface area (Å²) < 4.78 is 0.475. The maximum absolute atomic E-state index is 5.04. The number of rotatable bonds is 4. The van der Waals surface area contributed by atoms with Crippen LogP contribution in [-0.2, 0) is 0 Å². The van der Waals surface area contributed by atoms with E-state index in [1.165, 1.54) is 40.8 Å². The van der Waals surface area contributed by atoms with Gasteiger partial charge >= 0.3 is 0 Å². The van der Waals surface area contributed by atoms with Crippen LogP contribution in [0.3, 0.4) is 0 Å². The van der Waals surface area contributed by atoms with Crippen LogP contribution >= 0.6 is 11.3 Å². The fourth-order valence-electron chi connectivity index (χ4n) is 4.52. The van der Waals surface area contributed by atoms with Gasteiger partial charge in [0.05, 0.1) is 46.4 Å². The zero-order valence-electron chi connectivity index (χ0n) is 16.8. The predicted molar refractivity (Wildman–Crippen MR) is 124 cm³/mol. The highest BCUT2D eigenvalue weighted by molar-refractivity contribution is 7.13. The van der Waals surface area contributed by atoms with E-state index in [1.54, 1.807) is 11.3 Å². The van der Waals surface area contributed by atoms with Crippen LogP contribution in [0.2, 0.25) is 0 Å². The molecule has 1 saturated carbocycles. The number of anilines is 1. The number of aliphatic imine (C=N–C) groups is 2. The van der Waals surface area contributed by atoms with Gasteiger partial charge in [-0.1, -0.05) is 12.1 Å². The molecular formula is C24H22N5S+. The molecule has 1 atom stereocenters. The maximum atomic E-state index is 5.04. The maximum Gasteiger partial charge on any atom is 0.225 e. The summed E-state index contributed by atoms with van der Waals surface area (Å²) in [6.07, 6.45) is 13.5. The highest BCUT2D eigenvalue weighted by Crippen LogP contribution is 2.40. The minimum absolute atomic E-state index is 0.466. The Labute approximate surface area is 179 Å². The van der Waals surface area contributed by atoms with Crippen molar-refractivity contribution >= 4 is 40.5 Å². The van der Waals surface area contributed by atoms with Crippen LogP contribution in [0.25, 0.3) is 21.5 Å². The van der Waals surface area contributed by atoms with E-state index in [0.717, 1.165) is 16.9 Å². The molecule has 4 heterocycles. The van der Waals surface area contributed by atoms with Crippen molar-refractivity contribution in [3.05, 3.63) is 71.6 Å². The highest BCUT2D eigenvalue weighted by atomic mass is 32.1. The van der Waals surface area contributed by atoms with E-state index in [1.807, 2.05) is 25.0 Å². The predicted octanol–water partition coefficient (Wildman–Crippen LogP) is 5.80. The minimum Gasteiger partial charge on any atom is -0.253 e. The molecule has 6 heteroatoms. The first-order valence-electron chi connectivity index (χ1n) is 10.3. The Kier molecular flexibility index (Phi) is 3.97. The molecule has 0 amide bonds. The molecule has 1 aliphatic carbocycles. The number of hydrogen-bond donors (Lipinski definition) is 0. The number of allylic oxidation sites excluding steroid dienone is 1. The summed E-state index contributed by atoms with van der Waals surface area (Å²) >= 11 is 1.73. The van der Waals surface area contributed by atoms with Crippen molar-refractivity contribution in [1.82, 2.24) is 4.98 Å². The molecule has 1 aromatic carbocycles.